The van der Waals surface area contributed by atoms with Gasteiger partial charge in [0.25, 0.3) is 0 Å². The second-order valence-electron chi connectivity index (χ2n) is 7.65. The molecule has 5 heteroatoms. The van der Waals surface area contributed by atoms with Crippen LogP contribution in [0.15, 0.2) is 30.3 Å². The van der Waals surface area contributed by atoms with Crippen LogP contribution in [0.5, 0.6) is 0 Å². The molecule has 1 aliphatic carbocycles. The van der Waals surface area contributed by atoms with Crippen molar-refractivity contribution < 1.29 is 14.3 Å². The normalized spacial score (nSPS) is 26.5. The summed E-state index contributed by atoms with van der Waals surface area (Å²) in [6.45, 7) is 6.81. The van der Waals surface area contributed by atoms with Gasteiger partial charge in [-0.15, -0.1) is 0 Å². The minimum Gasteiger partial charge on any atom is -0.444 e. The highest BCUT2D eigenvalue weighted by atomic mass is 16.6. The maximum atomic E-state index is 12.8. The van der Waals surface area contributed by atoms with Crippen LogP contribution in [-0.2, 0) is 16.1 Å². The highest BCUT2D eigenvalue weighted by Crippen LogP contribution is 2.44. The largest absolute Gasteiger partial charge is 0.444 e. The summed E-state index contributed by atoms with van der Waals surface area (Å²) in [5.41, 5.74) is -0.222. The lowest BCUT2D eigenvalue weighted by molar-refractivity contribution is -0.156. The van der Waals surface area contributed by atoms with Crippen LogP contribution in [0.4, 0.5) is 4.79 Å². The second kappa shape index (κ2) is 5.55. The van der Waals surface area contributed by atoms with E-state index in [9.17, 15) is 9.59 Å². The molecule has 0 aromatic heterocycles. The minimum absolute atomic E-state index is 0.00899. The monoisotopic (exact) mass is 316 g/mol. The average molecular weight is 316 g/mol. The predicted octanol–water partition coefficient (Wildman–Crippen LogP) is 2.70. The Morgan fingerprint density at radius 3 is 2.57 bits per heavy atom. The van der Waals surface area contributed by atoms with Crippen LogP contribution in [-0.4, -0.2) is 34.6 Å². The fourth-order valence-corrected chi connectivity index (χ4v) is 3.52. The summed E-state index contributed by atoms with van der Waals surface area (Å²) in [7, 11) is 0. The molecule has 2 saturated heterocycles. The number of alkyl carbamates (subject to hydrolysis) is 1. The first-order valence-electron chi connectivity index (χ1n) is 8.12. The molecule has 5 nitrogen and oxygen atoms in total. The number of carbonyl (C=O) groups excluding carboxylic acids is 2. The summed E-state index contributed by atoms with van der Waals surface area (Å²) >= 11 is 0. The Morgan fingerprint density at radius 1 is 1.30 bits per heavy atom. The molecule has 2 amide bonds. The van der Waals surface area contributed by atoms with Gasteiger partial charge in [0.05, 0.1) is 0 Å². The van der Waals surface area contributed by atoms with Gasteiger partial charge in [-0.1, -0.05) is 30.3 Å². The molecule has 1 aromatic carbocycles. The Balaban J connectivity index is 1.67. The molecule has 0 spiro atoms. The standard InChI is InChI=1S/C18H24N2O3/c1-17(2,3)23-16(22)19-18-9-14(10-18)12-20(15(18)21)11-13-7-5-4-6-8-13/h4-8,14H,9-12H2,1-3H3,(H,19,22). The molecule has 1 aromatic rings. The van der Waals surface area contributed by atoms with Gasteiger partial charge in [0.15, 0.2) is 0 Å². The molecule has 1 N–H and O–H groups in total. The number of hydrogen-bond acceptors (Lipinski definition) is 3. The minimum atomic E-state index is -0.764. The lowest BCUT2D eigenvalue weighted by Crippen LogP contribution is -2.72. The van der Waals surface area contributed by atoms with E-state index in [4.69, 9.17) is 4.74 Å². The highest BCUT2D eigenvalue weighted by molar-refractivity contribution is 5.92. The third-order valence-electron chi connectivity index (χ3n) is 4.41. The molecular weight excluding hydrogens is 292 g/mol. The van der Waals surface area contributed by atoms with E-state index < -0.39 is 17.2 Å². The van der Waals surface area contributed by atoms with Crippen molar-refractivity contribution in [3.63, 3.8) is 0 Å². The van der Waals surface area contributed by atoms with Crippen LogP contribution in [0.2, 0.25) is 0 Å². The fourth-order valence-electron chi connectivity index (χ4n) is 3.52. The Morgan fingerprint density at radius 2 is 1.96 bits per heavy atom. The number of carbonyl (C=O) groups is 2. The summed E-state index contributed by atoms with van der Waals surface area (Å²) in [5.74, 6) is 0.473. The number of nitrogens with one attached hydrogen (secondary N) is 1. The zero-order valence-electron chi connectivity index (χ0n) is 14.0. The zero-order valence-corrected chi connectivity index (χ0v) is 14.0. The van der Waals surface area contributed by atoms with Crippen molar-refractivity contribution in [3.8, 4) is 0 Å². The van der Waals surface area contributed by atoms with Crippen molar-refractivity contribution in [1.29, 1.82) is 0 Å². The Labute approximate surface area is 137 Å². The number of ether oxygens (including phenoxy) is 1. The van der Waals surface area contributed by atoms with E-state index in [1.165, 1.54) is 0 Å². The van der Waals surface area contributed by atoms with Crippen molar-refractivity contribution in [3.05, 3.63) is 35.9 Å². The van der Waals surface area contributed by atoms with Gasteiger partial charge in [0.1, 0.15) is 11.1 Å². The molecule has 4 rings (SSSR count). The quantitative estimate of drug-likeness (QED) is 0.933. The van der Waals surface area contributed by atoms with Crippen molar-refractivity contribution in [1.82, 2.24) is 10.2 Å². The van der Waals surface area contributed by atoms with Crippen LogP contribution < -0.4 is 5.32 Å². The molecule has 3 aliphatic rings. The van der Waals surface area contributed by atoms with E-state index in [1.54, 1.807) is 0 Å². The molecule has 1 saturated carbocycles. The van der Waals surface area contributed by atoms with Gasteiger partial charge in [-0.05, 0) is 45.1 Å². The van der Waals surface area contributed by atoms with Crippen molar-refractivity contribution in [2.24, 2.45) is 5.92 Å². The number of hydrogen-bond donors (Lipinski definition) is 1. The van der Waals surface area contributed by atoms with Crippen molar-refractivity contribution >= 4 is 12.0 Å². The van der Waals surface area contributed by atoms with Crippen LogP contribution in [0, 0.1) is 5.92 Å². The third-order valence-corrected chi connectivity index (χ3v) is 4.41. The molecular formula is C18H24N2O3. The molecule has 124 valence electrons. The van der Waals surface area contributed by atoms with Crippen LogP contribution in [0.3, 0.4) is 0 Å². The molecule has 0 radical (unpaired) electrons. The van der Waals surface area contributed by atoms with E-state index in [1.807, 2.05) is 56.0 Å². The molecule has 2 aliphatic heterocycles. The van der Waals surface area contributed by atoms with Crippen molar-refractivity contribution in [2.45, 2.75) is 51.3 Å². The molecule has 2 heterocycles. The summed E-state index contributed by atoms with van der Waals surface area (Å²) < 4.78 is 5.31. The predicted molar refractivity (Wildman–Crippen MR) is 86.7 cm³/mol. The Kier molecular flexibility index (Phi) is 3.82. The maximum Gasteiger partial charge on any atom is 0.408 e. The van der Waals surface area contributed by atoms with E-state index in [0.717, 1.165) is 24.9 Å². The summed E-state index contributed by atoms with van der Waals surface area (Å²) in [6, 6.07) is 9.94. The van der Waals surface area contributed by atoms with Gasteiger partial charge < -0.3 is 15.0 Å². The molecule has 3 fully saturated rings. The summed E-state index contributed by atoms with van der Waals surface area (Å²) in [6.07, 6.45) is 0.929. The number of benzene rings is 1. The van der Waals surface area contributed by atoms with E-state index in [2.05, 4.69) is 5.32 Å². The van der Waals surface area contributed by atoms with Gasteiger partial charge in [-0.25, -0.2) is 4.79 Å². The van der Waals surface area contributed by atoms with Gasteiger partial charge in [0, 0.05) is 13.1 Å². The highest BCUT2D eigenvalue weighted by Gasteiger charge is 2.57. The summed E-state index contributed by atoms with van der Waals surface area (Å²) in [4.78, 5) is 26.8. The number of piperidine rings is 2. The van der Waals surface area contributed by atoms with E-state index in [-0.39, 0.29) is 5.91 Å². The van der Waals surface area contributed by atoms with Gasteiger partial charge in [-0.2, -0.15) is 0 Å². The Bertz CT molecular complexity index is 600. The van der Waals surface area contributed by atoms with Gasteiger partial charge in [0.2, 0.25) is 5.91 Å². The van der Waals surface area contributed by atoms with E-state index in [0.29, 0.717) is 12.5 Å². The molecule has 0 atom stereocenters. The first kappa shape index (κ1) is 15.8. The van der Waals surface area contributed by atoms with Crippen LogP contribution >= 0.6 is 0 Å². The van der Waals surface area contributed by atoms with Crippen molar-refractivity contribution in [2.75, 3.05) is 6.54 Å². The third kappa shape index (κ3) is 3.33. The number of rotatable bonds is 3. The van der Waals surface area contributed by atoms with Crippen LogP contribution in [0.1, 0.15) is 39.2 Å². The molecule has 23 heavy (non-hydrogen) atoms. The SMILES string of the molecule is CC(C)(C)OC(=O)NC12CC(CN(Cc3ccccc3)C1=O)C2. The first-order chi connectivity index (χ1) is 10.8. The van der Waals surface area contributed by atoms with E-state index >= 15 is 0 Å². The molecule has 0 unspecified atom stereocenters. The second-order valence-corrected chi connectivity index (χ2v) is 7.65. The fraction of sp³-hybridized carbons (Fsp3) is 0.556. The lowest BCUT2D eigenvalue weighted by atomic mass is 9.64. The number of nitrogens with zero attached hydrogens (tertiary/aromatic N) is 1. The first-order valence-corrected chi connectivity index (χ1v) is 8.12. The van der Waals surface area contributed by atoms with Crippen LogP contribution in [0.25, 0.3) is 0 Å². The maximum absolute atomic E-state index is 12.8. The van der Waals surface area contributed by atoms with Gasteiger partial charge in [-0.3, -0.25) is 4.79 Å². The number of fused-ring (bicyclic) bond motifs is 2. The van der Waals surface area contributed by atoms with Gasteiger partial charge >= 0.3 is 6.09 Å². The lowest BCUT2D eigenvalue weighted by Gasteiger charge is -2.54. The zero-order chi connectivity index (χ0) is 16.7. The topological polar surface area (TPSA) is 58.6 Å². The average Bonchev–Trinajstić information content (AvgIpc) is 2.40. The smallest absolute Gasteiger partial charge is 0.408 e. The molecule has 2 bridgehead atoms. The Hall–Kier alpha value is -2.04. The number of amides is 2. The summed E-state index contributed by atoms with van der Waals surface area (Å²) in [5, 5.41) is 2.83.